The average Bonchev–Trinajstić information content (AvgIpc) is 3.42. The molecule has 9 nitrogen and oxygen atoms in total. The van der Waals surface area contributed by atoms with Crippen molar-refractivity contribution in [2.24, 2.45) is 10.9 Å². The summed E-state index contributed by atoms with van der Waals surface area (Å²) in [7, 11) is 1.48. The molecular weight excluding hydrogens is 585 g/mol. The Morgan fingerprint density at radius 2 is 1.89 bits per heavy atom. The van der Waals surface area contributed by atoms with E-state index in [-0.39, 0.29) is 24.4 Å². The first-order chi connectivity index (χ1) is 21.4. The van der Waals surface area contributed by atoms with Crippen molar-refractivity contribution in [1.29, 1.82) is 0 Å². The number of aromatic nitrogens is 2. The van der Waals surface area contributed by atoms with Gasteiger partial charge in [0.05, 0.1) is 19.2 Å². The van der Waals surface area contributed by atoms with Crippen molar-refractivity contribution in [2.75, 3.05) is 46.4 Å². The quantitative estimate of drug-likeness (QED) is 0.361. The Bertz CT molecular complexity index is 1650. The SMILES string of the molecule is CCc1cc(-c2ccn3c(C(C)N4CCN(CC(F)(F)F)CC4)c(C)c(C(=O)NCC4C(=O)N=C(C)C=C4OC)cc23)ccn1. The number of carbonyl (C=O) groups excluding carboxylic acids is 2. The van der Waals surface area contributed by atoms with Gasteiger partial charge >= 0.3 is 6.18 Å². The van der Waals surface area contributed by atoms with E-state index >= 15 is 0 Å². The van der Waals surface area contributed by atoms with E-state index in [1.165, 1.54) is 12.0 Å². The molecule has 0 saturated carbocycles. The summed E-state index contributed by atoms with van der Waals surface area (Å²) in [4.78, 5) is 38.6. The number of carbonyl (C=O) groups is 2. The number of halogens is 3. The molecule has 1 saturated heterocycles. The van der Waals surface area contributed by atoms with Crippen LogP contribution in [0.5, 0.6) is 0 Å². The van der Waals surface area contributed by atoms with E-state index in [0.717, 1.165) is 40.0 Å². The van der Waals surface area contributed by atoms with Crippen LogP contribution < -0.4 is 5.32 Å². The van der Waals surface area contributed by atoms with Crippen LogP contribution in [-0.4, -0.2) is 89.3 Å². The number of pyridine rings is 2. The lowest BCUT2D eigenvalue weighted by Crippen LogP contribution is -2.50. The first-order valence-corrected chi connectivity index (χ1v) is 15.2. The number of methoxy groups -OCH3 is 1. The highest BCUT2D eigenvalue weighted by Gasteiger charge is 2.34. The number of ether oxygens (including phenoxy) is 1. The van der Waals surface area contributed by atoms with Crippen molar-refractivity contribution in [1.82, 2.24) is 24.5 Å². The minimum absolute atomic E-state index is 0.0167. The van der Waals surface area contributed by atoms with Gasteiger partial charge in [-0.05, 0) is 68.7 Å². The number of alkyl halides is 3. The molecule has 5 rings (SSSR count). The lowest BCUT2D eigenvalue weighted by atomic mass is 9.98. The van der Waals surface area contributed by atoms with Crippen LogP contribution in [0.25, 0.3) is 16.6 Å². The maximum absolute atomic E-state index is 13.9. The Hall–Kier alpha value is -4.03. The number of aliphatic imine (C=N–C) groups is 1. The summed E-state index contributed by atoms with van der Waals surface area (Å²) in [5.74, 6) is -1.01. The van der Waals surface area contributed by atoms with E-state index in [9.17, 15) is 22.8 Å². The van der Waals surface area contributed by atoms with E-state index in [1.807, 2.05) is 51.2 Å². The molecule has 2 aliphatic heterocycles. The van der Waals surface area contributed by atoms with Crippen LogP contribution >= 0.6 is 0 Å². The number of rotatable bonds is 9. The standard InChI is InChI=1S/C33H39F3N6O3/c1-6-24-16-23(7-9-37-24)25-8-10-42-28(25)17-26(31(43)38-18-27-29(45-5)15-20(2)39-32(27)44)21(3)30(42)22(4)41-13-11-40(12-14-41)19-33(34,35)36/h7-10,15-17,22,27H,6,11-14,18-19H2,1-5H3,(H,38,43). The lowest BCUT2D eigenvalue weighted by Gasteiger charge is -2.39. The summed E-state index contributed by atoms with van der Waals surface area (Å²) in [5, 5.41) is 2.93. The number of hydrogen-bond acceptors (Lipinski definition) is 6. The third-order valence-corrected chi connectivity index (χ3v) is 8.72. The van der Waals surface area contributed by atoms with Gasteiger partial charge in [-0.15, -0.1) is 0 Å². The summed E-state index contributed by atoms with van der Waals surface area (Å²) in [6, 6.07) is 7.65. The summed E-state index contributed by atoms with van der Waals surface area (Å²) >= 11 is 0. The van der Waals surface area contributed by atoms with Crippen molar-refractivity contribution < 1.29 is 27.5 Å². The lowest BCUT2D eigenvalue weighted by molar-refractivity contribution is -0.149. The third kappa shape index (κ3) is 6.96. The molecule has 2 aliphatic rings. The summed E-state index contributed by atoms with van der Waals surface area (Å²) in [5.41, 5.74) is 6.29. The van der Waals surface area contributed by atoms with Gasteiger partial charge in [0.15, 0.2) is 0 Å². The van der Waals surface area contributed by atoms with E-state index < -0.39 is 18.6 Å². The molecule has 45 heavy (non-hydrogen) atoms. The highest BCUT2D eigenvalue weighted by atomic mass is 19.4. The number of fused-ring (bicyclic) bond motifs is 1. The van der Waals surface area contributed by atoms with Crippen LogP contribution in [0.15, 0.2) is 53.5 Å². The van der Waals surface area contributed by atoms with Crippen molar-refractivity contribution >= 4 is 23.0 Å². The molecule has 1 fully saturated rings. The zero-order valence-corrected chi connectivity index (χ0v) is 26.2. The zero-order valence-electron chi connectivity index (χ0n) is 26.2. The Labute approximate surface area is 260 Å². The maximum Gasteiger partial charge on any atom is 0.401 e. The molecule has 3 aromatic rings. The predicted octanol–water partition coefficient (Wildman–Crippen LogP) is 4.99. The molecule has 240 valence electrons. The minimum atomic E-state index is -4.24. The fraction of sp³-hybridized carbons (Fsp3) is 0.455. The molecule has 0 bridgehead atoms. The molecule has 1 N–H and O–H groups in total. The van der Waals surface area contributed by atoms with Crippen molar-refractivity contribution in [3.63, 3.8) is 0 Å². The topological polar surface area (TPSA) is 91.5 Å². The molecule has 3 aromatic heterocycles. The molecule has 0 aromatic carbocycles. The number of amides is 2. The van der Waals surface area contributed by atoms with Crippen LogP contribution in [0.3, 0.4) is 0 Å². The van der Waals surface area contributed by atoms with Gasteiger partial charge in [0.2, 0.25) is 0 Å². The minimum Gasteiger partial charge on any atom is -0.500 e. The number of aryl methyl sites for hydroxylation is 1. The molecular formula is C33H39F3N6O3. The van der Waals surface area contributed by atoms with E-state index in [0.29, 0.717) is 43.2 Å². The fourth-order valence-electron chi connectivity index (χ4n) is 6.33. The molecule has 12 heteroatoms. The van der Waals surface area contributed by atoms with E-state index in [2.05, 4.69) is 24.6 Å². The summed E-state index contributed by atoms with van der Waals surface area (Å²) < 4.78 is 46.6. The van der Waals surface area contributed by atoms with Crippen LogP contribution in [-0.2, 0) is 16.0 Å². The number of allylic oxidation sites excluding steroid dienone is 1. The van der Waals surface area contributed by atoms with Crippen molar-refractivity contribution in [3.8, 4) is 11.1 Å². The van der Waals surface area contributed by atoms with Gasteiger partial charge in [0.25, 0.3) is 11.8 Å². The first kappa shape index (κ1) is 32.4. The van der Waals surface area contributed by atoms with Crippen LogP contribution in [0.4, 0.5) is 13.2 Å². The van der Waals surface area contributed by atoms with Crippen molar-refractivity contribution in [3.05, 3.63) is 71.0 Å². The third-order valence-electron chi connectivity index (χ3n) is 8.72. The van der Waals surface area contributed by atoms with Crippen LogP contribution in [0.2, 0.25) is 0 Å². The van der Waals surface area contributed by atoms with Crippen LogP contribution in [0.1, 0.15) is 54.1 Å². The second-order valence-corrected chi connectivity index (χ2v) is 11.7. The van der Waals surface area contributed by atoms with Gasteiger partial charge in [0, 0.05) is 79.4 Å². The van der Waals surface area contributed by atoms with Gasteiger partial charge in [0.1, 0.15) is 11.7 Å². The smallest absolute Gasteiger partial charge is 0.401 e. The number of piperazine rings is 1. The maximum atomic E-state index is 13.9. The van der Waals surface area contributed by atoms with E-state index in [1.54, 1.807) is 19.2 Å². The Morgan fingerprint density at radius 3 is 2.56 bits per heavy atom. The highest BCUT2D eigenvalue weighted by Crippen LogP contribution is 2.34. The molecule has 0 spiro atoms. The Morgan fingerprint density at radius 1 is 1.16 bits per heavy atom. The number of dihydropyridines is 1. The molecule has 0 aliphatic carbocycles. The van der Waals surface area contributed by atoms with Gasteiger partial charge in [-0.3, -0.25) is 24.4 Å². The molecule has 0 radical (unpaired) electrons. The first-order valence-electron chi connectivity index (χ1n) is 15.2. The number of nitrogens with one attached hydrogen (secondary N) is 1. The van der Waals surface area contributed by atoms with Gasteiger partial charge in [-0.25, -0.2) is 4.99 Å². The Balaban J connectivity index is 1.51. The molecule has 2 unspecified atom stereocenters. The molecule has 5 heterocycles. The van der Waals surface area contributed by atoms with Gasteiger partial charge < -0.3 is 14.5 Å². The normalized spacial score (nSPS) is 18.9. The predicted molar refractivity (Wildman–Crippen MR) is 166 cm³/mol. The molecule has 2 atom stereocenters. The van der Waals surface area contributed by atoms with E-state index in [4.69, 9.17) is 4.74 Å². The number of hydrogen-bond donors (Lipinski definition) is 1. The zero-order chi connectivity index (χ0) is 32.5. The summed E-state index contributed by atoms with van der Waals surface area (Å²) in [6.07, 6.45) is 1.98. The van der Waals surface area contributed by atoms with Crippen LogP contribution in [0, 0.1) is 12.8 Å². The molecule has 2 amide bonds. The largest absolute Gasteiger partial charge is 0.500 e. The monoisotopic (exact) mass is 624 g/mol. The average molecular weight is 625 g/mol. The van der Waals surface area contributed by atoms with Gasteiger partial charge in [-0.1, -0.05) is 6.92 Å². The Kier molecular flexibility index (Phi) is 9.45. The highest BCUT2D eigenvalue weighted by molar-refractivity contribution is 6.06. The van der Waals surface area contributed by atoms with Gasteiger partial charge in [-0.2, -0.15) is 13.2 Å². The fourth-order valence-corrected chi connectivity index (χ4v) is 6.33. The summed E-state index contributed by atoms with van der Waals surface area (Å²) in [6.45, 7) is 8.29. The number of nitrogens with zero attached hydrogens (tertiary/aromatic N) is 5. The second-order valence-electron chi connectivity index (χ2n) is 11.7. The second kappa shape index (κ2) is 13.1. The van der Waals surface area contributed by atoms with Crippen molar-refractivity contribution in [2.45, 2.75) is 46.3 Å².